The number of fused-ring (bicyclic) bond motifs is 1. The first-order valence-corrected chi connectivity index (χ1v) is 5.02. The molecule has 0 aromatic heterocycles. The van der Waals surface area contributed by atoms with E-state index in [1.807, 2.05) is 0 Å². The third kappa shape index (κ3) is 1.99. The normalized spacial score (nSPS) is 13.0. The van der Waals surface area contributed by atoms with Crippen LogP contribution < -0.4 is 10.6 Å². The van der Waals surface area contributed by atoms with Crippen LogP contribution in [0, 0.1) is 10.1 Å². The summed E-state index contributed by atoms with van der Waals surface area (Å²) in [5, 5.41) is 16.9. The van der Waals surface area contributed by atoms with Gasteiger partial charge in [0, 0.05) is 19.2 Å². The van der Waals surface area contributed by atoms with Crippen LogP contribution in [0.15, 0.2) is 12.1 Å². The quantitative estimate of drug-likeness (QED) is 0.456. The number of anilines is 2. The van der Waals surface area contributed by atoms with Crippen LogP contribution in [-0.2, 0) is 4.74 Å². The summed E-state index contributed by atoms with van der Waals surface area (Å²) in [5.74, 6) is -0.594. The summed E-state index contributed by atoms with van der Waals surface area (Å²) < 4.78 is 4.55. The first-order valence-electron chi connectivity index (χ1n) is 5.02. The van der Waals surface area contributed by atoms with Gasteiger partial charge in [0.15, 0.2) is 0 Å². The summed E-state index contributed by atoms with van der Waals surface area (Å²) >= 11 is 0. The monoisotopic (exact) mass is 237 g/mol. The van der Waals surface area contributed by atoms with Crippen LogP contribution in [0.25, 0.3) is 0 Å². The molecule has 0 saturated heterocycles. The Kier molecular flexibility index (Phi) is 2.82. The Morgan fingerprint density at radius 3 is 2.76 bits per heavy atom. The van der Waals surface area contributed by atoms with Gasteiger partial charge >= 0.3 is 5.97 Å². The van der Waals surface area contributed by atoms with Crippen LogP contribution >= 0.6 is 0 Å². The average molecular weight is 237 g/mol. The zero-order valence-electron chi connectivity index (χ0n) is 9.15. The van der Waals surface area contributed by atoms with Gasteiger partial charge in [-0.2, -0.15) is 0 Å². The van der Waals surface area contributed by atoms with Crippen molar-refractivity contribution >= 4 is 23.0 Å². The molecule has 0 fully saturated rings. The number of rotatable bonds is 2. The van der Waals surface area contributed by atoms with Crippen LogP contribution in [0.3, 0.4) is 0 Å². The van der Waals surface area contributed by atoms with E-state index in [2.05, 4.69) is 15.4 Å². The smallest absolute Gasteiger partial charge is 0.338 e. The Labute approximate surface area is 96.9 Å². The van der Waals surface area contributed by atoms with Gasteiger partial charge in [-0.3, -0.25) is 10.1 Å². The van der Waals surface area contributed by atoms with Crippen molar-refractivity contribution in [2.75, 3.05) is 30.8 Å². The predicted molar refractivity (Wildman–Crippen MR) is 61.4 cm³/mol. The van der Waals surface area contributed by atoms with E-state index in [0.717, 1.165) is 0 Å². The largest absolute Gasteiger partial charge is 0.465 e. The maximum atomic E-state index is 11.4. The standard InChI is InChI=1S/C10H11N3O4/c1-17-10(14)6-4-7-9(12-3-2-11-7)8(5-6)13(15)16/h4-5,11-12H,2-3H2,1H3. The maximum Gasteiger partial charge on any atom is 0.338 e. The molecule has 0 spiro atoms. The first kappa shape index (κ1) is 11.2. The van der Waals surface area contributed by atoms with E-state index in [1.165, 1.54) is 13.2 Å². The van der Waals surface area contributed by atoms with Gasteiger partial charge in [0.1, 0.15) is 5.69 Å². The molecule has 7 heteroatoms. The lowest BCUT2D eigenvalue weighted by Crippen LogP contribution is -2.22. The van der Waals surface area contributed by atoms with Crippen molar-refractivity contribution in [2.45, 2.75) is 0 Å². The minimum Gasteiger partial charge on any atom is -0.465 e. The number of carbonyl (C=O) groups is 1. The van der Waals surface area contributed by atoms with Crippen LogP contribution in [-0.4, -0.2) is 31.1 Å². The minimum absolute atomic E-state index is 0.130. The number of hydrogen-bond donors (Lipinski definition) is 2. The molecule has 0 aliphatic carbocycles. The third-order valence-electron chi connectivity index (χ3n) is 2.48. The summed E-state index contributed by atoms with van der Waals surface area (Å²) in [5.41, 5.74) is 0.990. The van der Waals surface area contributed by atoms with Gasteiger partial charge in [0.2, 0.25) is 0 Å². The number of ether oxygens (including phenoxy) is 1. The molecule has 1 heterocycles. The Hall–Kier alpha value is -2.31. The zero-order chi connectivity index (χ0) is 12.4. The lowest BCUT2D eigenvalue weighted by molar-refractivity contribution is -0.383. The van der Waals surface area contributed by atoms with E-state index in [-0.39, 0.29) is 11.3 Å². The fraction of sp³-hybridized carbons (Fsp3) is 0.300. The van der Waals surface area contributed by atoms with Gasteiger partial charge in [-0.1, -0.05) is 0 Å². The number of hydrogen-bond acceptors (Lipinski definition) is 6. The SMILES string of the molecule is COC(=O)c1cc2c(c([N+](=O)[O-])c1)NCCN2. The molecule has 17 heavy (non-hydrogen) atoms. The minimum atomic E-state index is -0.594. The van der Waals surface area contributed by atoms with Crippen molar-refractivity contribution in [3.05, 3.63) is 27.8 Å². The van der Waals surface area contributed by atoms with Gasteiger partial charge in [-0.05, 0) is 6.07 Å². The molecular formula is C10H11N3O4. The Morgan fingerprint density at radius 2 is 2.12 bits per heavy atom. The average Bonchev–Trinajstić information content (AvgIpc) is 2.36. The maximum absolute atomic E-state index is 11.4. The van der Waals surface area contributed by atoms with Gasteiger partial charge in [-0.15, -0.1) is 0 Å². The van der Waals surface area contributed by atoms with Crippen molar-refractivity contribution in [1.82, 2.24) is 0 Å². The molecule has 0 unspecified atom stereocenters. The highest BCUT2D eigenvalue weighted by atomic mass is 16.6. The second kappa shape index (κ2) is 4.28. The van der Waals surface area contributed by atoms with Crippen molar-refractivity contribution in [3.8, 4) is 0 Å². The fourth-order valence-corrected chi connectivity index (χ4v) is 1.72. The van der Waals surface area contributed by atoms with Crippen molar-refractivity contribution in [3.63, 3.8) is 0 Å². The van der Waals surface area contributed by atoms with E-state index in [9.17, 15) is 14.9 Å². The van der Waals surface area contributed by atoms with E-state index >= 15 is 0 Å². The van der Waals surface area contributed by atoms with Gasteiger partial charge in [-0.25, -0.2) is 4.79 Å². The number of benzene rings is 1. The highest BCUT2D eigenvalue weighted by Gasteiger charge is 2.23. The van der Waals surface area contributed by atoms with E-state index in [4.69, 9.17) is 0 Å². The second-order valence-electron chi connectivity index (χ2n) is 3.52. The second-order valence-corrected chi connectivity index (χ2v) is 3.52. The molecule has 0 atom stereocenters. The van der Waals surface area contributed by atoms with E-state index < -0.39 is 10.9 Å². The first-order chi connectivity index (χ1) is 8.13. The fourth-order valence-electron chi connectivity index (χ4n) is 1.72. The van der Waals surface area contributed by atoms with Crippen LogP contribution in [0.2, 0.25) is 0 Å². The number of nitro benzene ring substituents is 1. The molecule has 1 aromatic carbocycles. The topological polar surface area (TPSA) is 93.5 Å². The molecule has 0 radical (unpaired) electrons. The van der Waals surface area contributed by atoms with Crippen LogP contribution in [0.5, 0.6) is 0 Å². The van der Waals surface area contributed by atoms with Crippen molar-refractivity contribution in [1.29, 1.82) is 0 Å². The molecule has 0 saturated carbocycles. The molecule has 0 amide bonds. The Bertz CT molecular complexity index is 487. The Morgan fingerprint density at radius 1 is 1.41 bits per heavy atom. The summed E-state index contributed by atoms with van der Waals surface area (Å²) in [7, 11) is 1.24. The lowest BCUT2D eigenvalue weighted by Gasteiger charge is -2.20. The molecule has 0 bridgehead atoms. The lowest BCUT2D eigenvalue weighted by atomic mass is 10.1. The zero-order valence-corrected chi connectivity index (χ0v) is 9.15. The number of carbonyl (C=O) groups excluding carboxylic acids is 1. The Balaban J connectivity index is 2.56. The number of nitrogens with zero attached hydrogens (tertiary/aromatic N) is 1. The summed E-state index contributed by atoms with van der Waals surface area (Å²) in [4.78, 5) is 21.8. The molecule has 2 N–H and O–H groups in total. The van der Waals surface area contributed by atoms with Crippen molar-refractivity contribution in [2.24, 2.45) is 0 Å². The van der Waals surface area contributed by atoms with E-state index in [0.29, 0.717) is 24.5 Å². The number of nitro groups is 1. The summed E-state index contributed by atoms with van der Waals surface area (Å²) in [6.45, 7) is 1.25. The van der Waals surface area contributed by atoms with Gasteiger partial charge in [0.05, 0.1) is 23.3 Å². The molecular weight excluding hydrogens is 226 g/mol. The van der Waals surface area contributed by atoms with Gasteiger partial charge in [0.25, 0.3) is 5.69 Å². The predicted octanol–water partition coefficient (Wildman–Crippen LogP) is 1.22. The molecule has 1 aliphatic heterocycles. The molecule has 1 aliphatic rings. The van der Waals surface area contributed by atoms with Gasteiger partial charge < -0.3 is 15.4 Å². The molecule has 2 rings (SSSR count). The third-order valence-corrected chi connectivity index (χ3v) is 2.48. The van der Waals surface area contributed by atoms with Crippen LogP contribution in [0.4, 0.5) is 17.1 Å². The highest BCUT2D eigenvalue weighted by molar-refractivity contribution is 5.95. The number of methoxy groups -OCH3 is 1. The summed E-state index contributed by atoms with van der Waals surface area (Å²) in [6, 6.07) is 2.75. The number of nitrogens with one attached hydrogen (secondary N) is 2. The molecule has 7 nitrogen and oxygen atoms in total. The van der Waals surface area contributed by atoms with E-state index in [1.54, 1.807) is 6.07 Å². The molecule has 1 aromatic rings. The van der Waals surface area contributed by atoms with Crippen LogP contribution in [0.1, 0.15) is 10.4 Å². The van der Waals surface area contributed by atoms with Crippen molar-refractivity contribution < 1.29 is 14.5 Å². The highest BCUT2D eigenvalue weighted by Crippen LogP contribution is 2.35. The molecule has 90 valence electrons. The number of esters is 1. The summed E-state index contributed by atoms with van der Waals surface area (Å²) in [6.07, 6.45) is 0.